The van der Waals surface area contributed by atoms with Gasteiger partial charge in [0.25, 0.3) is 0 Å². The summed E-state index contributed by atoms with van der Waals surface area (Å²) in [6.45, 7) is 5.75. The summed E-state index contributed by atoms with van der Waals surface area (Å²) in [5.41, 5.74) is 2.20. The summed E-state index contributed by atoms with van der Waals surface area (Å²) < 4.78 is 5.45. The second-order valence-corrected chi connectivity index (χ2v) is 7.37. The molecule has 0 saturated carbocycles. The first-order chi connectivity index (χ1) is 13.2. The topological polar surface area (TPSA) is 41.6 Å². The summed E-state index contributed by atoms with van der Waals surface area (Å²) >= 11 is 6.28. The maximum absolute atomic E-state index is 12.6. The van der Waals surface area contributed by atoms with Crippen LogP contribution in [0.3, 0.4) is 0 Å². The number of amides is 1. The van der Waals surface area contributed by atoms with Gasteiger partial charge in [0.05, 0.1) is 12.5 Å². The number of piperidine rings is 1. The molecule has 2 aromatic carbocycles. The van der Waals surface area contributed by atoms with E-state index in [2.05, 4.69) is 16.3 Å². The number of ether oxygens (including phenoxy) is 1. The molecule has 0 bridgehead atoms. The van der Waals surface area contributed by atoms with Crippen molar-refractivity contribution in [3.8, 4) is 5.75 Å². The number of benzene rings is 2. The Bertz CT molecular complexity index is 748. The highest BCUT2D eigenvalue weighted by molar-refractivity contribution is 6.31. The van der Waals surface area contributed by atoms with Crippen LogP contribution < -0.4 is 10.1 Å². The Balaban J connectivity index is 1.50. The summed E-state index contributed by atoms with van der Waals surface area (Å²) in [7, 11) is 0. The van der Waals surface area contributed by atoms with Gasteiger partial charge >= 0.3 is 0 Å². The van der Waals surface area contributed by atoms with Crippen LogP contribution in [0.15, 0.2) is 48.5 Å². The lowest BCUT2D eigenvalue weighted by atomic mass is 9.96. The van der Waals surface area contributed by atoms with Crippen LogP contribution >= 0.6 is 11.6 Å². The fraction of sp³-hybridized carbons (Fsp3) is 0.409. The minimum Gasteiger partial charge on any atom is -0.494 e. The monoisotopic (exact) mass is 386 g/mol. The van der Waals surface area contributed by atoms with Crippen LogP contribution in [0, 0.1) is 5.92 Å². The zero-order chi connectivity index (χ0) is 19.1. The van der Waals surface area contributed by atoms with Crippen molar-refractivity contribution in [2.75, 3.05) is 19.7 Å². The van der Waals surface area contributed by atoms with Crippen LogP contribution in [0.25, 0.3) is 0 Å². The first-order valence-electron chi connectivity index (χ1n) is 9.61. The van der Waals surface area contributed by atoms with Crippen molar-refractivity contribution < 1.29 is 9.53 Å². The van der Waals surface area contributed by atoms with Crippen LogP contribution in [0.1, 0.15) is 30.9 Å². The number of hydrogen-bond donors (Lipinski definition) is 1. The molecule has 27 heavy (non-hydrogen) atoms. The molecule has 0 radical (unpaired) electrons. The highest BCUT2D eigenvalue weighted by Gasteiger charge is 2.25. The third-order valence-electron chi connectivity index (χ3n) is 4.93. The molecular weight excluding hydrogens is 360 g/mol. The number of rotatable bonds is 7. The average molecular weight is 387 g/mol. The van der Waals surface area contributed by atoms with Gasteiger partial charge in [0, 0.05) is 24.7 Å². The van der Waals surface area contributed by atoms with Crippen LogP contribution in [0.2, 0.25) is 5.02 Å². The van der Waals surface area contributed by atoms with Gasteiger partial charge < -0.3 is 10.1 Å². The zero-order valence-corrected chi connectivity index (χ0v) is 16.5. The molecule has 3 rings (SSSR count). The molecule has 0 aromatic heterocycles. The van der Waals surface area contributed by atoms with Gasteiger partial charge in [-0.3, -0.25) is 9.69 Å². The van der Waals surface area contributed by atoms with Gasteiger partial charge in [0.2, 0.25) is 5.91 Å². The number of likely N-dealkylation sites (tertiary alicyclic amines) is 1. The maximum Gasteiger partial charge on any atom is 0.224 e. The molecule has 1 heterocycles. The number of nitrogens with zero attached hydrogens (tertiary/aromatic N) is 1. The van der Waals surface area contributed by atoms with E-state index in [4.69, 9.17) is 16.3 Å². The molecule has 0 spiro atoms. The first kappa shape index (κ1) is 19.7. The van der Waals surface area contributed by atoms with Crippen LogP contribution in [0.4, 0.5) is 0 Å². The van der Waals surface area contributed by atoms with Gasteiger partial charge in [0.15, 0.2) is 0 Å². The minimum atomic E-state index is 0.0314. The standard InChI is InChI=1S/C22H27ClN2O2/c1-2-27-20-11-9-17(10-12-20)14-24-22(26)19-7-5-13-25(16-19)15-18-6-3-4-8-21(18)23/h3-4,6,8-12,19H,2,5,7,13-16H2,1H3,(H,24,26)/t19-/m0/s1. The molecule has 2 aromatic rings. The summed E-state index contributed by atoms with van der Waals surface area (Å²) in [5, 5.41) is 3.87. The number of hydrogen-bond acceptors (Lipinski definition) is 3. The van der Waals surface area contributed by atoms with E-state index >= 15 is 0 Å². The van der Waals surface area contributed by atoms with Crippen molar-refractivity contribution in [2.24, 2.45) is 5.92 Å². The second-order valence-electron chi connectivity index (χ2n) is 6.96. The van der Waals surface area contributed by atoms with E-state index in [1.54, 1.807) is 0 Å². The quantitative estimate of drug-likeness (QED) is 0.772. The molecule has 0 aliphatic carbocycles. The molecule has 1 N–H and O–H groups in total. The van der Waals surface area contributed by atoms with Crippen molar-refractivity contribution in [3.05, 3.63) is 64.7 Å². The summed E-state index contributed by atoms with van der Waals surface area (Å²) in [4.78, 5) is 14.9. The Kier molecular flexibility index (Phi) is 7.13. The Hall–Kier alpha value is -2.04. The van der Waals surface area contributed by atoms with Crippen LogP contribution in [0.5, 0.6) is 5.75 Å². The normalized spacial score (nSPS) is 17.5. The van der Waals surface area contributed by atoms with E-state index in [0.29, 0.717) is 13.2 Å². The Morgan fingerprint density at radius 1 is 1.22 bits per heavy atom. The second kappa shape index (κ2) is 9.77. The third kappa shape index (κ3) is 5.72. The Labute approximate surface area is 166 Å². The highest BCUT2D eigenvalue weighted by atomic mass is 35.5. The van der Waals surface area contributed by atoms with E-state index in [-0.39, 0.29) is 11.8 Å². The predicted octanol–water partition coefficient (Wildman–Crippen LogP) is 4.27. The molecule has 4 nitrogen and oxygen atoms in total. The van der Waals surface area contributed by atoms with Gasteiger partial charge in [-0.25, -0.2) is 0 Å². The SMILES string of the molecule is CCOc1ccc(CNC(=O)[C@H]2CCCN(Cc3ccccc3Cl)C2)cc1. The predicted molar refractivity (Wildman–Crippen MR) is 109 cm³/mol. The lowest BCUT2D eigenvalue weighted by Gasteiger charge is -2.32. The summed E-state index contributed by atoms with van der Waals surface area (Å²) in [5.74, 6) is 1.02. The summed E-state index contributed by atoms with van der Waals surface area (Å²) in [6, 6.07) is 15.8. The molecule has 0 unspecified atom stereocenters. The number of carbonyl (C=O) groups is 1. The third-order valence-corrected chi connectivity index (χ3v) is 5.30. The minimum absolute atomic E-state index is 0.0314. The first-order valence-corrected chi connectivity index (χ1v) is 9.98. The average Bonchev–Trinajstić information content (AvgIpc) is 2.69. The van der Waals surface area contributed by atoms with Crippen molar-refractivity contribution >= 4 is 17.5 Å². The van der Waals surface area contributed by atoms with Gasteiger partial charge in [-0.05, 0) is 55.6 Å². The van der Waals surface area contributed by atoms with E-state index in [1.165, 1.54) is 0 Å². The van der Waals surface area contributed by atoms with Crippen LogP contribution in [-0.4, -0.2) is 30.5 Å². The van der Waals surface area contributed by atoms with Crippen molar-refractivity contribution in [3.63, 3.8) is 0 Å². The van der Waals surface area contributed by atoms with E-state index < -0.39 is 0 Å². The Morgan fingerprint density at radius 2 is 2.00 bits per heavy atom. The van der Waals surface area contributed by atoms with E-state index in [9.17, 15) is 4.79 Å². The van der Waals surface area contributed by atoms with Gasteiger partial charge in [0.1, 0.15) is 5.75 Å². The fourth-order valence-corrected chi connectivity index (χ4v) is 3.68. The van der Waals surface area contributed by atoms with Crippen LogP contribution in [-0.2, 0) is 17.9 Å². The van der Waals surface area contributed by atoms with E-state index in [0.717, 1.165) is 54.4 Å². The number of nitrogens with one attached hydrogen (secondary N) is 1. The van der Waals surface area contributed by atoms with Crippen molar-refractivity contribution in [1.29, 1.82) is 0 Å². The van der Waals surface area contributed by atoms with Gasteiger partial charge in [-0.2, -0.15) is 0 Å². The molecule has 1 aliphatic heterocycles. The molecule has 1 saturated heterocycles. The van der Waals surface area contributed by atoms with Crippen molar-refractivity contribution in [1.82, 2.24) is 10.2 Å². The molecule has 144 valence electrons. The molecular formula is C22H27ClN2O2. The molecule has 1 aliphatic rings. The van der Waals surface area contributed by atoms with E-state index in [1.807, 2.05) is 49.4 Å². The summed E-state index contributed by atoms with van der Waals surface area (Å²) in [6.07, 6.45) is 1.97. The molecule has 1 fully saturated rings. The molecule has 5 heteroatoms. The number of carbonyl (C=O) groups excluding carboxylic acids is 1. The zero-order valence-electron chi connectivity index (χ0n) is 15.8. The maximum atomic E-state index is 12.6. The molecule has 1 atom stereocenters. The van der Waals surface area contributed by atoms with Crippen molar-refractivity contribution in [2.45, 2.75) is 32.9 Å². The lowest BCUT2D eigenvalue weighted by Crippen LogP contribution is -2.42. The lowest BCUT2D eigenvalue weighted by molar-refractivity contribution is -0.126. The van der Waals surface area contributed by atoms with Gasteiger partial charge in [-0.1, -0.05) is 41.9 Å². The van der Waals surface area contributed by atoms with Gasteiger partial charge in [-0.15, -0.1) is 0 Å². The molecule has 1 amide bonds. The fourth-order valence-electron chi connectivity index (χ4n) is 3.48. The highest BCUT2D eigenvalue weighted by Crippen LogP contribution is 2.22. The largest absolute Gasteiger partial charge is 0.494 e. The smallest absolute Gasteiger partial charge is 0.224 e. The number of halogens is 1. The Morgan fingerprint density at radius 3 is 2.74 bits per heavy atom.